The van der Waals surface area contributed by atoms with Crippen molar-refractivity contribution < 1.29 is 0 Å². The van der Waals surface area contributed by atoms with Crippen LogP contribution in [0.4, 0.5) is 17.3 Å². The van der Waals surface area contributed by atoms with E-state index >= 15 is 0 Å². The minimum Gasteiger partial charge on any atom is -0.366 e. The van der Waals surface area contributed by atoms with Gasteiger partial charge in [0.15, 0.2) is 0 Å². The van der Waals surface area contributed by atoms with Gasteiger partial charge in [-0.2, -0.15) is 5.26 Å². The van der Waals surface area contributed by atoms with Crippen LogP contribution in [0.15, 0.2) is 49.2 Å². The monoisotopic (exact) mass is 358 g/mol. The van der Waals surface area contributed by atoms with Crippen LogP contribution < -0.4 is 15.5 Å². The molecule has 3 aromatic rings. The van der Waals surface area contributed by atoms with Gasteiger partial charge in [-0.15, -0.1) is 0 Å². The van der Waals surface area contributed by atoms with Gasteiger partial charge in [0.05, 0.1) is 23.1 Å². The van der Waals surface area contributed by atoms with Crippen molar-refractivity contribution in [1.29, 1.82) is 5.26 Å². The normalized spacial score (nSPS) is 13.8. The second-order valence-electron chi connectivity index (χ2n) is 6.05. The van der Waals surface area contributed by atoms with Crippen molar-refractivity contribution >= 4 is 17.3 Å². The molecule has 1 fully saturated rings. The van der Waals surface area contributed by atoms with Crippen LogP contribution in [-0.4, -0.2) is 46.1 Å². The molecule has 4 rings (SSSR count). The predicted octanol–water partition coefficient (Wildman–Crippen LogP) is 1.96. The summed E-state index contributed by atoms with van der Waals surface area (Å²) in [5.41, 5.74) is 3.10. The Morgan fingerprint density at radius 3 is 2.56 bits per heavy atom. The highest BCUT2D eigenvalue weighted by Gasteiger charge is 2.22. The number of rotatable bonds is 4. The van der Waals surface area contributed by atoms with Crippen LogP contribution in [0.3, 0.4) is 0 Å². The molecule has 4 heterocycles. The van der Waals surface area contributed by atoms with E-state index in [0.717, 1.165) is 43.1 Å². The Morgan fingerprint density at radius 2 is 1.85 bits per heavy atom. The Balaban J connectivity index is 1.83. The van der Waals surface area contributed by atoms with Crippen LogP contribution in [0.2, 0.25) is 0 Å². The van der Waals surface area contributed by atoms with Crippen molar-refractivity contribution in [3.05, 3.63) is 54.7 Å². The van der Waals surface area contributed by atoms with Crippen LogP contribution in [-0.2, 0) is 0 Å². The number of hydrogen-bond donors (Lipinski definition) is 2. The average Bonchev–Trinajstić information content (AvgIpc) is 2.75. The van der Waals surface area contributed by atoms with Gasteiger partial charge in [-0.25, -0.2) is 9.97 Å². The topological polar surface area (TPSA) is 103 Å². The molecule has 2 N–H and O–H groups in total. The Bertz CT molecular complexity index is 947. The summed E-state index contributed by atoms with van der Waals surface area (Å²) >= 11 is 0. The third kappa shape index (κ3) is 3.68. The van der Waals surface area contributed by atoms with Gasteiger partial charge in [0, 0.05) is 62.6 Å². The Morgan fingerprint density at radius 1 is 1.04 bits per heavy atom. The summed E-state index contributed by atoms with van der Waals surface area (Å²) in [4.78, 5) is 19.4. The number of nitriles is 1. The van der Waals surface area contributed by atoms with E-state index in [2.05, 4.69) is 36.6 Å². The lowest BCUT2D eigenvalue weighted by Crippen LogP contribution is -2.44. The molecule has 0 atom stereocenters. The molecule has 0 bridgehead atoms. The maximum Gasteiger partial charge on any atom is 0.150 e. The minimum absolute atomic E-state index is 0.553. The van der Waals surface area contributed by atoms with Crippen LogP contribution in [0, 0.1) is 11.3 Å². The summed E-state index contributed by atoms with van der Waals surface area (Å²) in [6.45, 7) is 3.40. The third-order valence-corrected chi connectivity index (χ3v) is 4.32. The summed E-state index contributed by atoms with van der Waals surface area (Å²) in [5, 5.41) is 16.3. The highest BCUT2D eigenvalue weighted by molar-refractivity contribution is 5.82. The van der Waals surface area contributed by atoms with E-state index in [1.807, 2.05) is 12.1 Å². The maximum absolute atomic E-state index is 9.82. The van der Waals surface area contributed by atoms with Gasteiger partial charge in [0.25, 0.3) is 0 Å². The number of piperazine rings is 1. The molecule has 1 saturated heterocycles. The minimum atomic E-state index is 0.553. The summed E-state index contributed by atoms with van der Waals surface area (Å²) in [5.74, 6) is 1.13. The fourth-order valence-corrected chi connectivity index (χ4v) is 3.10. The smallest absolute Gasteiger partial charge is 0.150 e. The summed E-state index contributed by atoms with van der Waals surface area (Å²) in [6, 6.07) is 7.90. The van der Waals surface area contributed by atoms with Gasteiger partial charge in [-0.05, 0) is 12.1 Å². The van der Waals surface area contributed by atoms with E-state index in [4.69, 9.17) is 4.98 Å². The predicted molar refractivity (Wildman–Crippen MR) is 103 cm³/mol. The molecule has 0 radical (unpaired) electrons. The molecule has 0 unspecified atom stereocenters. The Kier molecular flexibility index (Phi) is 4.85. The van der Waals surface area contributed by atoms with Gasteiger partial charge >= 0.3 is 0 Å². The van der Waals surface area contributed by atoms with Gasteiger partial charge in [0.1, 0.15) is 17.7 Å². The lowest BCUT2D eigenvalue weighted by Gasteiger charge is -2.31. The van der Waals surface area contributed by atoms with Crippen LogP contribution >= 0.6 is 0 Å². The molecule has 27 heavy (non-hydrogen) atoms. The van der Waals surface area contributed by atoms with Crippen molar-refractivity contribution in [3.8, 4) is 17.3 Å². The van der Waals surface area contributed by atoms with E-state index in [1.165, 1.54) is 0 Å². The molecule has 0 saturated carbocycles. The molecule has 0 aliphatic carbocycles. The largest absolute Gasteiger partial charge is 0.366 e. The molecule has 8 heteroatoms. The van der Waals surface area contributed by atoms with E-state index in [9.17, 15) is 5.26 Å². The van der Waals surface area contributed by atoms with E-state index < -0.39 is 0 Å². The molecule has 1 aliphatic rings. The number of nitrogens with one attached hydrogen (secondary N) is 2. The number of aromatic nitrogens is 4. The average molecular weight is 358 g/mol. The zero-order valence-electron chi connectivity index (χ0n) is 14.6. The standard InChI is InChI=1S/C19H18N8/c20-12-15-11-16(25-17-13-23-5-6-24-17)26-18(14-1-3-21-4-2-14)19(15)27-9-7-22-8-10-27/h1-6,11,13,22H,7-10H2,(H,24,25,26). The fraction of sp³-hybridized carbons (Fsp3) is 0.211. The Hall–Kier alpha value is -3.57. The lowest BCUT2D eigenvalue weighted by molar-refractivity contribution is 0.589. The maximum atomic E-state index is 9.82. The molecule has 134 valence electrons. The summed E-state index contributed by atoms with van der Waals surface area (Å²) in [7, 11) is 0. The highest BCUT2D eigenvalue weighted by atomic mass is 15.2. The van der Waals surface area contributed by atoms with Crippen LogP contribution in [0.5, 0.6) is 0 Å². The molecular formula is C19H18N8. The first-order chi connectivity index (χ1) is 13.3. The van der Waals surface area contributed by atoms with Crippen LogP contribution in [0.1, 0.15) is 5.56 Å². The molecule has 0 aromatic carbocycles. The molecular weight excluding hydrogens is 340 g/mol. The number of nitrogens with zero attached hydrogens (tertiary/aromatic N) is 6. The quantitative estimate of drug-likeness (QED) is 0.730. The van der Waals surface area contributed by atoms with Crippen LogP contribution in [0.25, 0.3) is 11.3 Å². The second kappa shape index (κ2) is 7.76. The fourth-order valence-electron chi connectivity index (χ4n) is 3.10. The van der Waals surface area contributed by atoms with Gasteiger partial charge < -0.3 is 15.5 Å². The number of anilines is 3. The summed E-state index contributed by atoms with van der Waals surface area (Å²) < 4.78 is 0. The van der Waals surface area contributed by atoms with Crippen molar-refractivity contribution in [2.24, 2.45) is 0 Å². The van der Waals surface area contributed by atoms with Crippen molar-refractivity contribution in [2.45, 2.75) is 0 Å². The van der Waals surface area contributed by atoms with Crippen molar-refractivity contribution in [2.75, 3.05) is 36.4 Å². The highest BCUT2D eigenvalue weighted by Crippen LogP contribution is 2.34. The third-order valence-electron chi connectivity index (χ3n) is 4.32. The lowest BCUT2D eigenvalue weighted by atomic mass is 10.1. The molecule has 0 amide bonds. The van der Waals surface area contributed by atoms with Gasteiger partial charge in [-0.3, -0.25) is 9.97 Å². The zero-order chi connectivity index (χ0) is 18.5. The second-order valence-corrected chi connectivity index (χ2v) is 6.05. The Labute approximate surface area is 156 Å². The first-order valence-electron chi connectivity index (χ1n) is 8.69. The zero-order valence-corrected chi connectivity index (χ0v) is 14.6. The molecule has 1 aliphatic heterocycles. The van der Waals surface area contributed by atoms with Crippen molar-refractivity contribution in [1.82, 2.24) is 25.3 Å². The van der Waals surface area contributed by atoms with E-state index in [1.54, 1.807) is 37.1 Å². The van der Waals surface area contributed by atoms with Gasteiger partial charge in [0.2, 0.25) is 0 Å². The molecule has 3 aromatic heterocycles. The molecule has 8 nitrogen and oxygen atoms in total. The van der Waals surface area contributed by atoms with Crippen molar-refractivity contribution in [3.63, 3.8) is 0 Å². The first-order valence-corrected chi connectivity index (χ1v) is 8.69. The van der Waals surface area contributed by atoms with Gasteiger partial charge in [-0.1, -0.05) is 0 Å². The number of hydrogen-bond acceptors (Lipinski definition) is 8. The SMILES string of the molecule is N#Cc1cc(Nc2cnccn2)nc(-c2ccncc2)c1N1CCNCC1. The first kappa shape index (κ1) is 16.9. The van der Waals surface area contributed by atoms with E-state index in [-0.39, 0.29) is 0 Å². The summed E-state index contributed by atoms with van der Waals surface area (Å²) in [6.07, 6.45) is 8.28. The number of pyridine rings is 2. The molecule has 0 spiro atoms. The van der Waals surface area contributed by atoms with E-state index in [0.29, 0.717) is 17.2 Å².